The van der Waals surface area contributed by atoms with Crippen molar-refractivity contribution >= 4 is 39.0 Å². The van der Waals surface area contributed by atoms with E-state index in [4.69, 9.17) is 4.42 Å². The maximum atomic E-state index is 6.44. The molecule has 0 radical (unpaired) electrons. The van der Waals surface area contributed by atoms with Crippen LogP contribution in [0.15, 0.2) is 205 Å². The van der Waals surface area contributed by atoms with E-state index in [1.54, 1.807) is 0 Å². The first-order valence-electron chi connectivity index (χ1n) is 17.0. The lowest BCUT2D eigenvalue weighted by Gasteiger charge is -2.30. The zero-order chi connectivity index (χ0) is 33.3. The van der Waals surface area contributed by atoms with Crippen molar-refractivity contribution in [1.82, 2.24) is 0 Å². The van der Waals surface area contributed by atoms with Gasteiger partial charge in [-0.1, -0.05) is 152 Å². The fourth-order valence-electron chi connectivity index (χ4n) is 7.09. The third-order valence-corrected chi connectivity index (χ3v) is 9.48. The highest BCUT2D eigenvalue weighted by atomic mass is 16.3. The number of anilines is 3. The molecule has 1 aromatic heterocycles. The molecule has 0 fully saturated rings. The third kappa shape index (κ3) is 5.43. The van der Waals surface area contributed by atoms with Gasteiger partial charge in [0.2, 0.25) is 0 Å². The van der Waals surface area contributed by atoms with E-state index in [-0.39, 0.29) is 0 Å². The lowest BCUT2D eigenvalue weighted by atomic mass is 9.91. The normalized spacial score (nSPS) is 11.2. The molecule has 0 unspecified atom stereocenters. The number of fused-ring (bicyclic) bond motifs is 3. The topological polar surface area (TPSA) is 16.4 Å². The minimum Gasteiger partial charge on any atom is -0.456 e. The molecule has 1 heterocycles. The fraction of sp³-hybridized carbons (Fsp3) is 0. The molecule has 50 heavy (non-hydrogen) atoms. The average Bonchev–Trinajstić information content (AvgIpc) is 3.57. The summed E-state index contributed by atoms with van der Waals surface area (Å²) in [6, 6.07) is 71.1. The van der Waals surface area contributed by atoms with Crippen LogP contribution in [0, 0.1) is 0 Å². The first kappa shape index (κ1) is 29.5. The number of furan rings is 1. The number of hydrogen-bond acceptors (Lipinski definition) is 2. The largest absolute Gasteiger partial charge is 0.456 e. The van der Waals surface area contributed by atoms with Gasteiger partial charge in [0.1, 0.15) is 11.2 Å². The molecule has 0 spiro atoms. The minimum atomic E-state index is 0.877. The third-order valence-electron chi connectivity index (χ3n) is 9.48. The van der Waals surface area contributed by atoms with Crippen molar-refractivity contribution in [2.75, 3.05) is 4.90 Å². The number of rotatable bonds is 7. The molecular formula is C48H33NO. The van der Waals surface area contributed by atoms with Crippen LogP contribution in [0.4, 0.5) is 17.1 Å². The molecule has 0 saturated heterocycles. The smallest absolute Gasteiger partial charge is 0.136 e. The number of benzene rings is 8. The van der Waals surface area contributed by atoms with Crippen molar-refractivity contribution in [2.45, 2.75) is 0 Å². The van der Waals surface area contributed by atoms with Gasteiger partial charge in [-0.05, 0) is 87.5 Å². The van der Waals surface area contributed by atoms with Crippen LogP contribution >= 0.6 is 0 Å². The Hall–Kier alpha value is -6.64. The Kier molecular flexibility index (Phi) is 7.53. The highest BCUT2D eigenvalue weighted by molar-refractivity contribution is 6.07. The summed E-state index contributed by atoms with van der Waals surface area (Å²) in [4.78, 5) is 2.39. The summed E-state index contributed by atoms with van der Waals surface area (Å²) in [5.74, 6) is 0. The molecule has 0 bridgehead atoms. The van der Waals surface area contributed by atoms with Crippen LogP contribution in [0.5, 0.6) is 0 Å². The monoisotopic (exact) mass is 639 g/mol. The van der Waals surface area contributed by atoms with Crippen molar-refractivity contribution in [1.29, 1.82) is 0 Å². The van der Waals surface area contributed by atoms with E-state index < -0.39 is 0 Å². The second-order valence-corrected chi connectivity index (χ2v) is 12.5. The van der Waals surface area contributed by atoms with E-state index in [1.165, 1.54) is 22.3 Å². The summed E-state index contributed by atoms with van der Waals surface area (Å²) in [6.07, 6.45) is 0. The molecular weight excluding hydrogens is 607 g/mol. The molecule has 2 heteroatoms. The molecule has 0 aliphatic heterocycles. The summed E-state index contributed by atoms with van der Waals surface area (Å²) >= 11 is 0. The number of hydrogen-bond donors (Lipinski definition) is 0. The second kappa shape index (κ2) is 12.8. The van der Waals surface area contributed by atoms with Gasteiger partial charge in [-0.2, -0.15) is 0 Å². The van der Waals surface area contributed by atoms with E-state index in [0.29, 0.717) is 0 Å². The summed E-state index contributed by atoms with van der Waals surface area (Å²) < 4.78 is 6.44. The predicted molar refractivity (Wildman–Crippen MR) is 210 cm³/mol. The van der Waals surface area contributed by atoms with Crippen molar-refractivity contribution in [2.24, 2.45) is 0 Å². The highest BCUT2D eigenvalue weighted by Crippen LogP contribution is 2.47. The lowest BCUT2D eigenvalue weighted by Crippen LogP contribution is -2.12. The van der Waals surface area contributed by atoms with Gasteiger partial charge in [-0.15, -0.1) is 0 Å². The Balaban J connectivity index is 1.29. The van der Waals surface area contributed by atoms with E-state index in [1.807, 2.05) is 12.1 Å². The van der Waals surface area contributed by atoms with Crippen molar-refractivity contribution in [3.8, 4) is 44.5 Å². The lowest BCUT2D eigenvalue weighted by molar-refractivity contribution is 0.669. The molecule has 0 aliphatic carbocycles. The van der Waals surface area contributed by atoms with Gasteiger partial charge in [0, 0.05) is 27.7 Å². The van der Waals surface area contributed by atoms with Gasteiger partial charge in [0.05, 0.1) is 5.69 Å². The SMILES string of the molecule is c1ccc(-c2ccc(N(c3cccc(-c4ccccc4)c3)c3cccc(-c4ccccc4)c3-c3ccc4c(c3)oc3ccccc34)cc2)cc1. The van der Waals surface area contributed by atoms with E-state index in [9.17, 15) is 0 Å². The second-order valence-electron chi connectivity index (χ2n) is 12.5. The maximum Gasteiger partial charge on any atom is 0.136 e. The molecule has 0 saturated carbocycles. The first-order chi connectivity index (χ1) is 24.8. The van der Waals surface area contributed by atoms with E-state index in [2.05, 4.69) is 193 Å². The molecule has 236 valence electrons. The van der Waals surface area contributed by atoms with Gasteiger partial charge in [-0.25, -0.2) is 0 Å². The van der Waals surface area contributed by atoms with Gasteiger partial charge in [-0.3, -0.25) is 0 Å². The Morgan fingerprint density at radius 1 is 0.320 bits per heavy atom. The number of para-hydroxylation sites is 1. The molecule has 0 aliphatic rings. The van der Waals surface area contributed by atoms with Gasteiger partial charge < -0.3 is 9.32 Å². The maximum absolute atomic E-state index is 6.44. The summed E-state index contributed by atoms with van der Waals surface area (Å²) in [6.45, 7) is 0. The molecule has 0 atom stereocenters. The van der Waals surface area contributed by atoms with E-state index >= 15 is 0 Å². The first-order valence-corrected chi connectivity index (χ1v) is 17.0. The Morgan fingerprint density at radius 2 is 0.880 bits per heavy atom. The Labute approximate surface area is 292 Å². The fourth-order valence-corrected chi connectivity index (χ4v) is 7.09. The summed E-state index contributed by atoms with van der Waals surface area (Å²) in [5.41, 5.74) is 14.3. The molecule has 0 N–H and O–H groups in total. The Morgan fingerprint density at radius 3 is 1.62 bits per heavy atom. The van der Waals surface area contributed by atoms with Gasteiger partial charge >= 0.3 is 0 Å². The summed E-state index contributed by atoms with van der Waals surface area (Å²) in [7, 11) is 0. The standard InChI is InChI=1S/C48H33NO/c1-4-14-34(15-5-1)36-26-29-40(30-27-36)49(41-21-12-20-38(32-41)35-16-6-2-7-17-35)45-24-13-23-42(37-18-8-3-9-19-37)48(45)39-28-31-44-43-22-10-11-25-46(43)50-47(44)33-39/h1-33H. The highest BCUT2D eigenvalue weighted by Gasteiger charge is 2.22. The van der Waals surface area contributed by atoms with Crippen LogP contribution in [-0.4, -0.2) is 0 Å². The molecule has 2 nitrogen and oxygen atoms in total. The quantitative estimate of drug-likeness (QED) is 0.173. The van der Waals surface area contributed by atoms with Crippen LogP contribution < -0.4 is 4.90 Å². The molecule has 9 aromatic rings. The van der Waals surface area contributed by atoms with Gasteiger partial charge in [0.15, 0.2) is 0 Å². The van der Waals surface area contributed by atoms with Crippen LogP contribution in [0.3, 0.4) is 0 Å². The van der Waals surface area contributed by atoms with Crippen LogP contribution in [-0.2, 0) is 0 Å². The van der Waals surface area contributed by atoms with Crippen molar-refractivity contribution in [3.05, 3.63) is 200 Å². The van der Waals surface area contributed by atoms with Crippen molar-refractivity contribution in [3.63, 3.8) is 0 Å². The van der Waals surface area contributed by atoms with Crippen LogP contribution in [0.25, 0.3) is 66.4 Å². The minimum absolute atomic E-state index is 0.877. The van der Waals surface area contributed by atoms with Crippen LogP contribution in [0.1, 0.15) is 0 Å². The molecule has 0 amide bonds. The van der Waals surface area contributed by atoms with Gasteiger partial charge in [0.25, 0.3) is 0 Å². The molecule has 8 aromatic carbocycles. The summed E-state index contributed by atoms with van der Waals surface area (Å²) in [5, 5.41) is 2.25. The number of nitrogens with zero attached hydrogens (tertiary/aromatic N) is 1. The zero-order valence-electron chi connectivity index (χ0n) is 27.4. The molecule has 9 rings (SSSR count). The van der Waals surface area contributed by atoms with E-state index in [0.717, 1.165) is 61.3 Å². The average molecular weight is 640 g/mol. The van der Waals surface area contributed by atoms with Crippen LogP contribution in [0.2, 0.25) is 0 Å². The van der Waals surface area contributed by atoms with Crippen molar-refractivity contribution < 1.29 is 4.42 Å². The Bertz CT molecular complexity index is 2570. The zero-order valence-corrected chi connectivity index (χ0v) is 27.4. The predicted octanol–water partition coefficient (Wildman–Crippen LogP) is 13.7.